The second-order valence-electron chi connectivity index (χ2n) is 5.22. The first-order valence-electron chi connectivity index (χ1n) is 8.59. The normalized spacial score (nSPS) is 11.3. The molecule has 0 aromatic heterocycles. The molecule has 154 valence electrons. The van der Waals surface area contributed by atoms with Crippen LogP contribution >= 0.6 is 7.75 Å². The molecule has 0 heterocycles. The van der Waals surface area contributed by atoms with Crippen LogP contribution in [0, 0.1) is 0 Å². The maximum absolute atomic E-state index is 12.6. The van der Waals surface area contributed by atoms with Crippen molar-refractivity contribution < 1.29 is 42.1 Å². The molecule has 26 heavy (non-hydrogen) atoms. The van der Waals surface area contributed by atoms with Crippen molar-refractivity contribution in [3.63, 3.8) is 0 Å². The van der Waals surface area contributed by atoms with E-state index in [0.717, 1.165) is 0 Å². The topological polar surface area (TPSA) is 119 Å². The van der Waals surface area contributed by atoms with E-state index >= 15 is 0 Å². The first-order valence-corrected chi connectivity index (χ1v) is 10.1. The Hall–Kier alpha value is -1.35. The average Bonchev–Trinajstić information content (AvgIpc) is 2.54. The summed E-state index contributed by atoms with van der Waals surface area (Å²) < 4.78 is 42.0. The Balaban J connectivity index is 4.08. The van der Waals surface area contributed by atoms with Crippen molar-refractivity contribution in [2.75, 3.05) is 39.6 Å². The van der Waals surface area contributed by atoms with Gasteiger partial charge in [-0.3, -0.25) is 9.05 Å². The molecular formula is C15H30NO9P. The molecule has 0 bridgehead atoms. The highest BCUT2D eigenvalue weighted by atomic mass is 31.2. The monoisotopic (exact) mass is 399 g/mol. The fourth-order valence-electron chi connectivity index (χ4n) is 1.55. The van der Waals surface area contributed by atoms with Crippen LogP contribution in [0.4, 0.5) is 9.59 Å². The van der Waals surface area contributed by atoms with E-state index in [4.69, 9.17) is 18.5 Å². The molecule has 0 radical (unpaired) electrons. The minimum atomic E-state index is -3.52. The fourth-order valence-corrected chi connectivity index (χ4v) is 3.14. The Kier molecular flexibility index (Phi) is 14.0. The Morgan fingerprint density at radius 1 is 0.808 bits per heavy atom. The standard InChI is InChI=1S/C15H30NO9P/c1-5-20-14(17)22-9-7-11-24-26(19,16-13(3)4)25-12-8-10-23-15(18)21-6-2/h13H,5-12H2,1-4H3,(H,16,19). The number of ether oxygens (including phenoxy) is 4. The van der Waals surface area contributed by atoms with Gasteiger partial charge in [0.15, 0.2) is 0 Å². The molecule has 0 aliphatic carbocycles. The van der Waals surface area contributed by atoms with Crippen LogP contribution in [0.3, 0.4) is 0 Å². The van der Waals surface area contributed by atoms with Crippen molar-refractivity contribution in [3.05, 3.63) is 0 Å². The lowest BCUT2D eigenvalue weighted by atomic mass is 10.4. The molecule has 1 N–H and O–H groups in total. The molecular weight excluding hydrogens is 369 g/mol. The number of rotatable bonds is 14. The van der Waals surface area contributed by atoms with Crippen LogP contribution in [0.1, 0.15) is 40.5 Å². The van der Waals surface area contributed by atoms with Crippen LogP contribution in [-0.2, 0) is 32.6 Å². The molecule has 0 spiro atoms. The van der Waals surface area contributed by atoms with Gasteiger partial charge in [0.05, 0.1) is 39.6 Å². The number of carbonyl (C=O) groups is 2. The SMILES string of the molecule is CCOC(=O)OCCCOP(=O)(NC(C)C)OCCCOC(=O)OCC. The largest absolute Gasteiger partial charge is 0.508 e. The minimum absolute atomic E-state index is 0.0652. The van der Waals surface area contributed by atoms with E-state index in [-0.39, 0.29) is 45.7 Å². The van der Waals surface area contributed by atoms with E-state index in [2.05, 4.69) is 14.6 Å². The average molecular weight is 399 g/mol. The van der Waals surface area contributed by atoms with Gasteiger partial charge >= 0.3 is 20.1 Å². The van der Waals surface area contributed by atoms with E-state index < -0.39 is 20.1 Å². The lowest BCUT2D eigenvalue weighted by Crippen LogP contribution is -2.23. The van der Waals surface area contributed by atoms with Gasteiger partial charge in [-0.25, -0.2) is 19.2 Å². The van der Waals surface area contributed by atoms with Crippen LogP contribution in [-0.4, -0.2) is 58.0 Å². The van der Waals surface area contributed by atoms with Crippen LogP contribution in [0.15, 0.2) is 0 Å². The Bertz CT molecular complexity index is 413. The summed E-state index contributed by atoms with van der Waals surface area (Å²) in [6.07, 6.45) is -0.849. The van der Waals surface area contributed by atoms with E-state index in [9.17, 15) is 14.2 Å². The summed E-state index contributed by atoms with van der Waals surface area (Å²) in [5, 5.41) is 2.74. The zero-order valence-electron chi connectivity index (χ0n) is 15.9. The number of carbonyl (C=O) groups excluding carboxylic acids is 2. The maximum Gasteiger partial charge on any atom is 0.508 e. The second-order valence-corrected chi connectivity index (χ2v) is 6.99. The Morgan fingerprint density at radius 2 is 1.23 bits per heavy atom. The van der Waals surface area contributed by atoms with Gasteiger partial charge < -0.3 is 18.9 Å². The smallest absolute Gasteiger partial charge is 0.435 e. The van der Waals surface area contributed by atoms with Crippen LogP contribution in [0.25, 0.3) is 0 Å². The number of nitrogens with one attached hydrogen (secondary N) is 1. The van der Waals surface area contributed by atoms with Gasteiger partial charge in [0, 0.05) is 18.9 Å². The molecule has 0 unspecified atom stereocenters. The van der Waals surface area contributed by atoms with E-state index in [1.165, 1.54) is 0 Å². The number of hydrogen-bond acceptors (Lipinski definition) is 9. The highest BCUT2D eigenvalue weighted by molar-refractivity contribution is 7.51. The summed E-state index contributed by atoms with van der Waals surface area (Å²) in [6.45, 7) is 7.70. The van der Waals surface area contributed by atoms with Gasteiger partial charge in [0.2, 0.25) is 0 Å². The molecule has 0 aromatic rings. The molecule has 11 heteroatoms. The van der Waals surface area contributed by atoms with Crippen molar-refractivity contribution in [3.8, 4) is 0 Å². The summed E-state index contributed by atoms with van der Waals surface area (Å²) in [4.78, 5) is 22.0. The van der Waals surface area contributed by atoms with Crippen molar-refractivity contribution in [2.24, 2.45) is 0 Å². The third-order valence-corrected chi connectivity index (χ3v) is 4.36. The Morgan fingerprint density at radius 3 is 1.58 bits per heavy atom. The third kappa shape index (κ3) is 13.9. The highest BCUT2D eigenvalue weighted by Crippen LogP contribution is 2.44. The molecule has 0 saturated carbocycles. The predicted molar refractivity (Wildman–Crippen MR) is 93.0 cm³/mol. The van der Waals surface area contributed by atoms with Gasteiger partial charge in [-0.1, -0.05) is 0 Å². The van der Waals surface area contributed by atoms with E-state index in [1.54, 1.807) is 27.7 Å². The molecule has 10 nitrogen and oxygen atoms in total. The van der Waals surface area contributed by atoms with Gasteiger partial charge in [-0.2, -0.15) is 0 Å². The van der Waals surface area contributed by atoms with Crippen molar-refractivity contribution >= 4 is 20.1 Å². The van der Waals surface area contributed by atoms with Gasteiger partial charge in [0.1, 0.15) is 0 Å². The quantitative estimate of drug-likeness (QED) is 0.265. The molecule has 0 fully saturated rings. The van der Waals surface area contributed by atoms with E-state index in [0.29, 0.717) is 12.8 Å². The molecule has 0 aromatic carbocycles. The molecule has 0 saturated heterocycles. The van der Waals surface area contributed by atoms with Gasteiger partial charge in [0.25, 0.3) is 0 Å². The molecule has 0 aliphatic heterocycles. The number of hydrogen-bond donors (Lipinski definition) is 1. The summed E-state index contributed by atoms with van der Waals surface area (Å²) in [5.74, 6) is 0. The fraction of sp³-hybridized carbons (Fsp3) is 0.867. The molecule has 0 atom stereocenters. The lowest BCUT2D eigenvalue weighted by molar-refractivity contribution is 0.0539. The summed E-state index contributed by atoms with van der Waals surface area (Å²) in [5.41, 5.74) is 0. The molecule has 0 rings (SSSR count). The molecule has 0 amide bonds. The summed E-state index contributed by atoms with van der Waals surface area (Å²) in [7, 11) is -3.52. The highest BCUT2D eigenvalue weighted by Gasteiger charge is 2.25. The summed E-state index contributed by atoms with van der Waals surface area (Å²) >= 11 is 0. The van der Waals surface area contributed by atoms with Crippen molar-refractivity contribution in [1.29, 1.82) is 0 Å². The first kappa shape index (κ1) is 24.7. The maximum atomic E-state index is 12.6. The minimum Gasteiger partial charge on any atom is -0.435 e. The zero-order chi connectivity index (χ0) is 19.8. The van der Waals surface area contributed by atoms with Crippen molar-refractivity contribution in [1.82, 2.24) is 5.09 Å². The van der Waals surface area contributed by atoms with Crippen LogP contribution in [0.5, 0.6) is 0 Å². The second kappa shape index (κ2) is 14.8. The predicted octanol–water partition coefficient (Wildman–Crippen LogP) is 3.25. The Labute approximate surface area is 154 Å². The van der Waals surface area contributed by atoms with Crippen molar-refractivity contribution in [2.45, 2.75) is 46.6 Å². The summed E-state index contributed by atoms with van der Waals surface area (Å²) in [6, 6.07) is -0.132. The van der Waals surface area contributed by atoms with Gasteiger partial charge in [-0.05, 0) is 27.7 Å². The van der Waals surface area contributed by atoms with Crippen LogP contribution in [0.2, 0.25) is 0 Å². The lowest BCUT2D eigenvalue weighted by Gasteiger charge is -2.21. The molecule has 0 aliphatic rings. The third-order valence-electron chi connectivity index (χ3n) is 2.48. The zero-order valence-corrected chi connectivity index (χ0v) is 16.8. The van der Waals surface area contributed by atoms with E-state index in [1.807, 2.05) is 0 Å². The van der Waals surface area contributed by atoms with Crippen LogP contribution < -0.4 is 5.09 Å². The van der Waals surface area contributed by atoms with Gasteiger partial charge in [-0.15, -0.1) is 0 Å². The first-order chi connectivity index (χ1) is 12.3.